The highest BCUT2D eigenvalue weighted by atomic mass is 32.2. The molecule has 2 aromatic rings. The first-order valence-electron chi connectivity index (χ1n) is 8.57. The highest BCUT2D eigenvalue weighted by Crippen LogP contribution is 2.26. The van der Waals surface area contributed by atoms with Crippen molar-refractivity contribution in [1.82, 2.24) is 14.9 Å². The minimum absolute atomic E-state index is 0.162. The molecular weight excluding hydrogens is 348 g/mol. The molecule has 1 saturated heterocycles. The summed E-state index contributed by atoms with van der Waals surface area (Å²) in [6, 6.07) is 7.35. The molecule has 1 aromatic carbocycles. The third kappa shape index (κ3) is 4.68. The number of aromatic hydroxyl groups is 1. The van der Waals surface area contributed by atoms with Crippen LogP contribution in [0.4, 0.5) is 5.82 Å². The van der Waals surface area contributed by atoms with E-state index in [0.29, 0.717) is 5.75 Å². The highest BCUT2D eigenvalue weighted by Gasteiger charge is 2.17. The van der Waals surface area contributed by atoms with E-state index in [1.54, 1.807) is 24.9 Å². The summed E-state index contributed by atoms with van der Waals surface area (Å²) in [5, 5.41) is 10.5. The van der Waals surface area contributed by atoms with Gasteiger partial charge in [-0.2, -0.15) is 0 Å². The monoisotopic (exact) mass is 372 g/mol. The summed E-state index contributed by atoms with van der Waals surface area (Å²) in [5.41, 5.74) is 1.02. The number of phenols is 1. The zero-order valence-corrected chi connectivity index (χ0v) is 15.9. The van der Waals surface area contributed by atoms with Gasteiger partial charge in [0.1, 0.15) is 5.82 Å². The van der Waals surface area contributed by atoms with Crippen molar-refractivity contribution in [2.45, 2.75) is 5.16 Å². The standard InChI is InChI=1S/C19H24N4O2S/c1-25-17-14-15(5-6-16(17)24)4-3-9-22-10-12-23(13-11-22)18-7-8-20-19(21-18)26-2/h3-8,14,24H,9-13H2,1-2H3. The minimum Gasteiger partial charge on any atom is -0.504 e. The van der Waals surface area contributed by atoms with E-state index < -0.39 is 0 Å². The van der Waals surface area contributed by atoms with Crippen molar-refractivity contribution in [2.24, 2.45) is 0 Å². The van der Waals surface area contributed by atoms with Crippen LogP contribution in [0.1, 0.15) is 5.56 Å². The van der Waals surface area contributed by atoms with E-state index in [2.05, 4.69) is 31.9 Å². The van der Waals surface area contributed by atoms with Gasteiger partial charge in [-0.1, -0.05) is 30.0 Å². The first kappa shape index (κ1) is 18.5. The fraction of sp³-hybridized carbons (Fsp3) is 0.368. The molecule has 0 unspecified atom stereocenters. The number of phenolic OH excluding ortho intramolecular Hbond substituents is 1. The van der Waals surface area contributed by atoms with E-state index in [4.69, 9.17) is 4.74 Å². The number of hydrogen-bond acceptors (Lipinski definition) is 7. The molecule has 0 spiro atoms. The van der Waals surface area contributed by atoms with E-state index in [1.165, 1.54) is 0 Å². The first-order chi connectivity index (χ1) is 12.7. The smallest absolute Gasteiger partial charge is 0.189 e. The molecule has 0 saturated carbocycles. The molecule has 1 aliphatic rings. The Morgan fingerprint density at radius 3 is 2.77 bits per heavy atom. The molecule has 0 aliphatic carbocycles. The lowest BCUT2D eigenvalue weighted by Crippen LogP contribution is -2.46. The quantitative estimate of drug-likeness (QED) is 0.618. The molecule has 138 valence electrons. The number of methoxy groups -OCH3 is 1. The topological polar surface area (TPSA) is 61.7 Å². The van der Waals surface area contributed by atoms with Crippen LogP contribution in [0.3, 0.4) is 0 Å². The van der Waals surface area contributed by atoms with Crippen molar-refractivity contribution in [2.75, 3.05) is 51.0 Å². The van der Waals surface area contributed by atoms with Crippen LogP contribution in [0.15, 0.2) is 41.7 Å². The summed E-state index contributed by atoms with van der Waals surface area (Å²) in [4.78, 5) is 13.5. The van der Waals surface area contributed by atoms with E-state index in [-0.39, 0.29) is 5.75 Å². The third-order valence-corrected chi connectivity index (χ3v) is 4.94. The van der Waals surface area contributed by atoms with Crippen LogP contribution < -0.4 is 9.64 Å². The van der Waals surface area contributed by atoms with Gasteiger partial charge in [0.05, 0.1) is 7.11 Å². The fourth-order valence-electron chi connectivity index (χ4n) is 2.90. The number of ether oxygens (including phenoxy) is 1. The average molecular weight is 372 g/mol. The molecule has 0 atom stereocenters. The second-order valence-electron chi connectivity index (χ2n) is 6.02. The Morgan fingerprint density at radius 1 is 1.23 bits per heavy atom. The van der Waals surface area contributed by atoms with Crippen LogP contribution in [0.5, 0.6) is 11.5 Å². The van der Waals surface area contributed by atoms with Gasteiger partial charge in [-0.3, -0.25) is 4.90 Å². The molecule has 0 radical (unpaired) electrons. The van der Waals surface area contributed by atoms with E-state index in [0.717, 1.165) is 49.3 Å². The maximum absolute atomic E-state index is 9.64. The zero-order chi connectivity index (χ0) is 18.4. The second kappa shape index (κ2) is 8.91. The van der Waals surface area contributed by atoms with Crippen molar-refractivity contribution in [3.05, 3.63) is 42.1 Å². The summed E-state index contributed by atoms with van der Waals surface area (Å²) in [7, 11) is 1.56. The average Bonchev–Trinajstić information content (AvgIpc) is 2.70. The van der Waals surface area contributed by atoms with Crippen LogP contribution in [0.25, 0.3) is 6.08 Å². The summed E-state index contributed by atoms with van der Waals surface area (Å²) in [6.45, 7) is 4.83. The highest BCUT2D eigenvalue weighted by molar-refractivity contribution is 7.98. The molecular formula is C19H24N4O2S. The molecule has 26 heavy (non-hydrogen) atoms. The molecule has 1 aromatic heterocycles. The van der Waals surface area contributed by atoms with Crippen molar-refractivity contribution >= 4 is 23.7 Å². The SMILES string of the molecule is COc1cc(C=CCN2CCN(c3ccnc(SC)n3)CC2)ccc1O. The molecule has 0 amide bonds. The lowest BCUT2D eigenvalue weighted by Gasteiger charge is -2.34. The number of rotatable bonds is 6. The Kier molecular flexibility index (Phi) is 6.35. The summed E-state index contributed by atoms with van der Waals surface area (Å²) < 4.78 is 5.14. The van der Waals surface area contributed by atoms with Crippen LogP contribution in [0, 0.1) is 0 Å². The van der Waals surface area contributed by atoms with Gasteiger partial charge < -0.3 is 14.7 Å². The van der Waals surface area contributed by atoms with Crippen LogP contribution in [0.2, 0.25) is 0 Å². The molecule has 1 aliphatic heterocycles. The minimum atomic E-state index is 0.162. The Bertz CT molecular complexity index is 761. The summed E-state index contributed by atoms with van der Waals surface area (Å²) in [5.74, 6) is 1.67. The van der Waals surface area contributed by atoms with Crippen molar-refractivity contribution < 1.29 is 9.84 Å². The molecule has 3 rings (SSSR count). The maximum Gasteiger partial charge on any atom is 0.189 e. The van der Waals surface area contributed by atoms with Crippen LogP contribution in [-0.2, 0) is 0 Å². The summed E-state index contributed by atoms with van der Waals surface area (Å²) >= 11 is 1.57. The number of hydrogen-bond donors (Lipinski definition) is 1. The number of thioether (sulfide) groups is 1. The summed E-state index contributed by atoms with van der Waals surface area (Å²) in [6.07, 6.45) is 8.03. The molecule has 0 bridgehead atoms. The molecule has 1 fully saturated rings. The number of piperazine rings is 1. The van der Waals surface area contributed by atoms with E-state index in [1.807, 2.05) is 30.7 Å². The Labute approximate surface area is 158 Å². The lowest BCUT2D eigenvalue weighted by molar-refractivity contribution is 0.283. The van der Waals surface area contributed by atoms with Crippen molar-refractivity contribution in [1.29, 1.82) is 0 Å². The Balaban J connectivity index is 1.51. The maximum atomic E-state index is 9.64. The second-order valence-corrected chi connectivity index (χ2v) is 6.80. The van der Waals surface area contributed by atoms with E-state index >= 15 is 0 Å². The normalized spacial score (nSPS) is 15.5. The van der Waals surface area contributed by atoms with Crippen molar-refractivity contribution in [3.8, 4) is 11.5 Å². The molecule has 1 N–H and O–H groups in total. The van der Waals surface area contributed by atoms with Gasteiger partial charge in [0.15, 0.2) is 16.7 Å². The van der Waals surface area contributed by atoms with E-state index in [9.17, 15) is 5.11 Å². The molecule has 7 heteroatoms. The zero-order valence-electron chi connectivity index (χ0n) is 15.1. The van der Waals surface area contributed by atoms with Gasteiger partial charge in [-0.25, -0.2) is 9.97 Å². The van der Waals surface area contributed by atoms with Gasteiger partial charge in [0.25, 0.3) is 0 Å². The van der Waals surface area contributed by atoms with Gasteiger partial charge >= 0.3 is 0 Å². The number of nitrogens with zero attached hydrogens (tertiary/aromatic N) is 4. The predicted octanol–water partition coefficient (Wildman–Crippen LogP) is 2.75. The van der Waals surface area contributed by atoms with Crippen molar-refractivity contribution in [3.63, 3.8) is 0 Å². The number of benzene rings is 1. The van der Waals surface area contributed by atoms with Crippen LogP contribution >= 0.6 is 11.8 Å². The third-order valence-electron chi connectivity index (χ3n) is 4.38. The Morgan fingerprint density at radius 2 is 2.04 bits per heavy atom. The van der Waals surface area contributed by atoms with Gasteiger partial charge in [0, 0.05) is 38.9 Å². The lowest BCUT2D eigenvalue weighted by atomic mass is 10.2. The fourth-order valence-corrected chi connectivity index (χ4v) is 3.25. The van der Waals surface area contributed by atoms with Gasteiger partial charge in [-0.15, -0.1) is 0 Å². The van der Waals surface area contributed by atoms with Gasteiger partial charge in [-0.05, 0) is 30.0 Å². The van der Waals surface area contributed by atoms with Gasteiger partial charge in [0.2, 0.25) is 0 Å². The number of anilines is 1. The molecule has 2 heterocycles. The van der Waals surface area contributed by atoms with Crippen LogP contribution in [-0.4, -0.2) is 66.1 Å². The Hall–Kier alpha value is -2.25. The largest absolute Gasteiger partial charge is 0.504 e. The first-order valence-corrected chi connectivity index (χ1v) is 9.80. The predicted molar refractivity (Wildman–Crippen MR) is 106 cm³/mol. The molecule has 6 nitrogen and oxygen atoms in total. The number of aromatic nitrogens is 2.